The Bertz CT molecular complexity index is 746. The maximum absolute atomic E-state index is 4.96. The van der Waals surface area contributed by atoms with E-state index in [0.29, 0.717) is 0 Å². The molecular weight excluding hydrogens is 278 g/mol. The van der Waals surface area contributed by atoms with Gasteiger partial charge in [-0.2, -0.15) is 0 Å². The number of benzene rings is 1. The molecule has 1 fully saturated rings. The standard InChI is InChI=1S/C17H17N3S/c1-2-5-15-13(4-1)12-14(16-6-3-11-21-16)17(19-15)20-9-7-18-8-10-20/h1-6,11-12,18H,7-10H2. The summed E-state index contributed by atoms with van der Waals surface area (Å²) in [5.74, 6) is 1.12. The zero-order valence-electron chi connectivity index (χ0n) is 11.7. The van der Waals surface area contributed by atoms with Gasteiger partial charge in [-0.3, -0.25) is 0 Å². The van der Waals surface area contributed by atoms with Gasteiger partial charge in [0.25, 0.3) is 0 Å². The van der Waals surface area contributed by atoms with E-state index >= 15 is 0 Å². The summed E-state index contributed by atoms with van der Waals surface area (Å²) in [5, 5.41) is 6.75. The van der Waals surface area contributed by atoms with E-state index in [1.165, 1.54) is 15.8 Å². The van der Waals surface area contributed by atoms with Crippen LogP contribution in [0, 0.1) is 0 Å². The van der Waals surface area contributed by atoms with Crippen LogP contribution in [-0.2, 0) is 0 Å². The number of piperazine rings is 1. The first-order valence-electron chi connectivity index (χ1n) is 7.31. The summed E-state index contributed by atoms with van der Waals surface area (Å²) in [4.78, 5) is 8.65. The van der Waals surface area contributed by atoms with E-state index in [1.807, 2.05) is 0 Å². The average molecular weight is 295 g/mol. The molecule has 0 spiro atoms. The monoisotopic (exact) mass is 295 g/mol. The van der Waals surface area contributed by atoms with Gasteiger partial charge in [-0.05, 0) is 23.6 Å². The fraction of sp³-hybridized carbons (Fsp3) is 0.235. The maximum atomic E-state index is 4.96. The van der Waals surface area contributed by atoms with Gasteiger partial charge in [0.1, 0.15) is 5.82 Å². The fourth-order valence-corrected chi connectivity index (χ4v) is 3.57. The summed E-state index contributed by atoms with van der Waals surface area (Å²) in [6, 6.07) is 14.9. The molecule has 3 heterocycles. The predicted molar refractivity (Wildman–Crippen MR) is 90.1 cm³/mol. The number of thiophene rings is 1. The van der Waals surface area contributed by atoms with Gasteiger partial charge in [0.05, 0.1) is 5.52 Å². The Morgan fingerprint density at radius 1 is 1.05 bits per heavy atom. The highest BCUT2D eigenvalue weighted by Crippen LogP contribution is 2.35. The number of nitrogens with one attached hydrogen (secondary N) is 1. The van der Waals surface area contributed by atoms with E-state index in [-0.39, 0.29) is 0 Å². The van der Waals surface area contributed by atoms with Crippen molar-refractivity contribution in [2.75, 3.05) is 31.1 Å². The molecule has 0 radical (unpaired) electrons. The zero-order valence-corrected chi connectivity index (χ0v) is 12.6. The SMILES string of the molecule is c1csc(-c2cc3ccccc3nc2N2CCNCC2)c1. The average Bonchev–Trinajstić information content (AvgIpc) is 3.09. The Kier molecular flexibility index (Phi) is 3.33. The summed E-state index contributed by atoms with van der Waals surface area (Å²) >= 11 is 1.78. The Labute approximate surface area is 128 Å². The lowest BCUT2D eigenvalue weighted by atomic mass is 10.1. The highest BCUT2D eigenvalue weighted by molar-refractivity contribution is 7.13. The van der Waals surface area contributed by atoms with Crippen LogP contribution >= 0.6 is 11.3 Å². The fourth-order valence-electron chi connectivity index (χ4n) is 2.84. The van der Waals surface area contributed by atoms with Crippen molar-refractivity contribution >= 4 is 28.1 Å². The molecule has 1 aromatic carbocycles. The molecule has 0 bridgehead atoms. The molecule has 21 heavy (non-hydrogen) atoms. The largest absolute Gasteiger partial charge is 0.354 e. The number of hydrogen-bond donors (Lipinski definition) is 1. The molecule has 0 unspecified atom stereocenters. The third-order valence-corrected chi connectivity index (χ3v) is 4.81. The Morgan fingerprint density at radius 3 is 2.71 bits per heavy atom. The molecule has 4 rings (SSSR count). The number of fused-ring (bicyclic) bond motifs is 1. The van der Waals surface area contributed by atoms with E-state index in [2.05, 4.69) is 58.1 Å². The van der Waals surface area contributed by atoms with E-state index in [0.717, 1.165) is 37.5 Å². The topological polar surface area (TPSA) is 28.2 Å². The molecule has 1 saturated heterocycles. The smallest absolute Gasteiger partial charge is 0.138 e. The van der Waals surface area contributed by atoms with Gasteiger partial charge >= 0.3 is 0 Å². The quantitative estimate of drug-likeness (QED) is 0.785. The van der Waals surface area contributed by atoms with Crippen LogP contribution < -0.4 is 10.2 Å². The van der Waals surface area contributed by atoms with Crippen LogP contribution in [0.5, 0.6) is 0 Å². The second-order valence-corrected chi connectivity index (χ2v) is 6.21. The normalized spacial score (nSPS) is 15.5. The van der Waals surface area contributed by atoms with Crippen molar-refractivity contribution in [3.8, 4) is 10.4 Å². The van der Waals surface area contributed by atoms with Crippen LogP contribution in [0.15, 0.2) is 47.8 Å². The van der Waals surface area contributed by atoms with Crippen LogP contribution in [0.1, 0.15) is 0 Å². The number of pyridine rings is 1. The lowest BCUT2D eigenvalue weighted by Gasteiger charge is -2.30. The van der Waals surface area contributed by atoms with Crippen molar-refractivity contribution < 1.29 is 0 Å². The second kappa shape index (κ2) is 5.47. The molecule has 2 aromatic heterocycles. The molecule has 106 valence electrons. The molecule has 0 aliphatic carbocycles. The summed E-state index contributed by atoms with van der Waals surface area (Å²) in [5.41, 5.74) is 2.33. The van der Waals surface area contributed by atoms with Crippen molar-refractivity contribution in [3.63, 3.8) is 0 Å². The van der Waals surface area contributed by atoms with Gasteiger partial charge in [-0.1, -0.05) is 24.3 Å². The first kappa shape index (κ1) is 12.8. The number of aromatic nitrogens is 1. The van der Waals surface area contributed by atoms with Gasteiger partial charge in [0.2, 0.25) is 0 Å². The first-order valence-corrected chi connectivity index (χ1v) is 8.19. The van der Waals surface area contributed by atoms with Crippen molar-refractivity contribution in [2.45, 2.75) is 0 Å². The van der Waals surface area contributed by atoms with Gasteiger partial charge < -0.3 is 10.2 Å². The molecule has 1 aliphatic heterocycles. The van der Waals surface area contributed by atoms with Crippen molar-refractivity contribution in [1.82, 2.24) is 10.3 Å². The summed E-state index contributed by atoms with van der Waals surface area (Å²) in [6.45, 7) is 4.09. The van der Waals surface area contributed by atoms with E-state index in [1.54, 1.807) is 11.3 Å². The van der Waals surface area contributed by atoms with Crippen molar-refractivity contribution in [3.05, 3.63) is 47.8 Å². The van der Waals surface area contributed by atoms with Crippen LogP contribution in [0.2, 0.25) is 0 Å². The predicted octanol–water partition coefficient (Wildman–Crippen LogP) is 3.37. The van der Waals surface area contributed by atoms with Gasteiger partial charge in [-0.15, -0.1) is 11.3 Å². The molecule has 4 heteroatoms. The Hall–Kier alpha value is -1.91. The molecule has 0 amide bonds. The molecule has 1 N–H and O–H groups in total. The minimum absolute atomic E-state index is 1.02. The first-order chi connectivity index (χ1) is 10.4. The molecular formula is C17H17N3S. The summed E-state index contributed by atoms with van der Waals surface area (Å²) < 4.78 is 0. The molecule has 0 saturated carbocycles. The summed E-state index contributed by atoms with van der Waals surface area (Å²) in [6.07, 6.45) is 0. The van der Waals surface area contributed by atoms with E-state index in [4.69, 9.17) is 4.98 Å². The van der Waals surface area contributed by atoms with Gasteiger partial charge in [0.15, 0.2) is 0 Å². The van der Waals surface area contributed by atoms with E-state index < -0.39 is 0 Å². The highest BCUT2D eigenvalue weighted by Gasteiger charge is 2.18. The number of nitrogens with zero attached hydrogens (tertiary/aromatic N) is 2. The van der Waals surface area contributed by atoms with Crippen LogP contribution in [-0.4, -0.2) is 31.2 Å². The molecule has 3 aromatic rings. The maximum Gasteiger partial charge on any atom is 0.138 e. The number of anilines is 1. The number of para-hydroxylation sites is 1. The zero-order chi connectivity index (χ0) is 14.1. The lowest BCUT2D eigenvalue weighted by molar-refractivity contribution is 0.586. The minimum atomic E-state index is 1.02. The molecule has 0 atom stereocenters. The van der Waals surface area contributed by atoms with Gasteiger partial charge in [0, 0.05) is 42.0 Å². The van der Waals surface area contributed by atoms with Crippen LogP contribution in [0.25, 0.3) is 21.3 Å². The molecule has 1 aliphatic rings. The van der Waals surface area contributed by atoms with Crippen molar-refractivity contribution in [1.29, 1.82) is 0 Å². The Morgan fingerprint density at radius 2 is 1.90 bits per heavy atom. The highest BCUT2D eigenvalue weighted by atomic mass is 32.1. The Balaban J connectivity index is 1.90. The van der Waals surface area contributed by atoms with Crippen molar-refractivity contribution in [2.24, 2.45) is 0 Å². The minimum Gasteiger partial charge on any atom is -0.354 e. The number of hydrogen-bond acceptors (Lipinski definition) is 4. The van der Waals surface area contributed by atoms with Crippen LogP contribution in [0.3, 0.4) is 0 Å². The summed E-state index contributed by atoms with van der Waals surface area (Å²) in [7, 11) is 0. The van der Waals surface area contributed by atoms with E-state index in [9.17, 15) is 0 Å². The third kappa shape index (κ3) is 2.41. The molecule has 3 nitrogen and oxygen atoms in total. The third-order valence-electron chi connectivity index (χ3n) is 3.91. The number of rotatable bonds is 2. The lowest BCUT2D eigenvalue weighted by Crippen LogP contribution is -2.44. The van der Waals surface area contributed by atoms with Crippen LogP contribution in [0.4, 0.5) is 5.82 Å². The van der Waals surface area contributed by atoms with Gasteiger partial charge in [-0.25, -0.2) is 4.98 Å². The second-order valence-electron chi connectivity index (χ2n) is 5.27.